The first-order valence-electron chi connectivity index (χ1n) is 20.5. The van der Waals surface area contributed by atoms with E-state index < -0.39 is 133 Å². The lowest BCUT2D eigenvalue weighted by molar-refractivity contribution is -0.148. The second-order valence-electron chi connectivity index (χ2n) is 15.7. The Bertz CT molecular complexity index is 3190. The third-order valence-electron chi connectivity index (χ3n) is 10.7. The van der Waals surface area contributed by atoms with E-state index in [1.165, 1.54) is 48.5 Å². The summed E-state index contributed by atoms with van der Waals surface area (Å²) in [4.78, 5) is 32.6. The Morgan fingerprint density at radius 1 is 0.361 bits per heavy atom. The van der Waals surface area contributed by atoms with Gasteiger partial charge in [-0.25, -0.2) is 65.0 Å². The lowest BCUT2D eigenvalue weighted by Gasteiger charge is -2.17. The first kappa shape index (κ1) is 49.3. The van der Waals surface area contributed by atoms with E-state index in [4.69, 9.17) is 18.9 Å². The minimum Gasteiger partial charge on any atom is -0.486 e. The van der Waals surface area contributed by atoms with Crippen molar-refractivity contribution in [3.8, 4) is 68.5 Å². The molecule has 12 nitrogen and oxygen atoms in total. The minimum absolute atomic E-state index is 0.103. The van der Waals surface area contributed by atoms with Crippen LogP contribution in [0.1, 0.15) is 0 Å². The molecule has 0 aliphatic carbocycles. The summed E-state index contributed by atoms with van der Waals surface area (Å²) in [6.07, 6.45) is -16.7. The zero-order valence-electron chi connectivity index (χ0n) is 35.4. The number of nitrogens with one attached hydrogen (secondary N) is 2. The summed E-state index contributed by atoms with van der Waals surface area (Å²) in [5.74, 6) is -22.7. The van der Waals surface area contributed by atoms with Crippen LogP contribution in [0.3, 0.4) is 0 Å². The molecule has 72 heavy (non-hydrogen) atoms. The molecule has 0 amide bonds. The van der Waals surface area contributed by atoms with Crippen molar-refractivity contribution in [2.24, 2.45) is 0 Å². The van der Waals surface area contributed by atoms with E-state index in [0.717, 1.165) is 24.3 Å². The molecule has 0 spiro atoms. The molecule has 0 saturated heterocycles. The van der Waals surface area contributed by atoms with Gasteiger partial charge in [-0.2, -0.15) is 35.1 Å². The number of aromatic amines is 2. The van der Waals surface area contributed by atoms with Crippen LogP contribution in [0.2, 0.25) is 0 Å². The summed E-state index contributed by atoms with van der Waals surface area (Å²) in [6, 6.07) is 14.3. The summed E-state index contributed by atoms with van der Waals surface area (Å²) in [5.41, 5.74) is -2.31. The highest BCUT2D eigenvalue weighted by atomic mass is 19.3. The zero-order valence-corrected chi connectivity index (χ0v) is 35.4. The molecule has 7 aromatic rings. The van der Waals surface area contributed by atoms with E-state index in [1.54, 1.807) is 0 Å². The van der Waals surface area contributed by atoms with Crippen LogP contribution in [-0.4, -0.2) is 116 Å². The molecule has 2 N–H and O–H groups in total. The van der Waals surface area contributed by atoms with Crippen LogP contribution in [0.5, 0.6) is 23.0 Å². The molecule has 378 valence electrons. The molecule has 4 aromatic carbocycles. The van der Waals surface area contributed by atoms with E-state index in [1.807, 2.05) is 0 Å². The third-order valence-corrected chi connectivity index (χ3v) is 10.7. The Morgan fingerprint density at radius 2 is 0.653 bits per heavy atom. The van der Waals surface area contributed by atoms with E-state index >= 15 is 0 Å². The summed E-state index contributed by atoms with van der Waals surface area (Å²) in [5, 5.41) is -0.728. The number of H-pyrrole nitrogens is 2. The van der Waals surface area contributed by atoms with Crippen molar-refractivity contribution in [1.82, 2.24) is 39.9 Å². The van der Waals surface area contributed by atoms with Gasteiger partial charge in [-0.3, -0.25) is 0 Å². The molecule has 9 rings (SSSR count). The molecular formula is C44H26F16N8O4. The lowest BCUT2D eigenvalue weighted by Crippen LogP contribution is -2.33. The van der Waals surface area contributed by atoms with Gasteiger partial charge >= 0.3 is 49.4 Å². The van der Waals surface area contributed by atoms with Crippen molar-refractivity contribution >= 4 is 44.1 Å². The molecule has 2 aliphatic heterocycles. The predicted octanol–water partition coefficient (Wildman–Crippen LogP) is 12.0. The average Bonchev–Trinajstić information content (AvgIpc) is 4.07. The highest BCUT2D eigenvalue weighted by Gasteiger charge is 2.45. The summed E-state index contributed by atoms with van der Waals surface area (Å²) >= 11 is 0. The highest BCUT2D eigenvalue weighted by molar-refractivity contribution is 6.10. The summed E-state index contributed by atoms with van der Waals surface area (Å²) in [6.45, 7) is -7.55. The molecule has 0 saturated carbocycles. The minimum atomic E-state index is -4.70. The van der Waals surface area contributed by atoms with E-state index in [2.05, 4.69) is 39.9 Å². The number of fused-ring (bicyclic) bond motifs is 20. The fraction of sp³-hybridized carbons (Fsp3) is 0.273. The van der Waals surface area contributed by atoms with Crippen molar-refractivity contribution in [2.45, 2.75) is 49.4 Å². The van der Waals surface area contributed by atoms with Crippen LogP contribution >= 0.6 is 0 Å². The molecule has 28 heteroatoms. The number of ether oxygens (including phenoxy) is 4. The van der Waals surface area contributed by atoms with Gasteiger partial charge in [0.25, 0.3) is 0 Å². The summed E-state index contributed by atoms with van der Waals surface area (Å²) < 4.78 is 242. The van der Waals surface area contributed by atoms with Gasteiger partial charge in [0.15, 0.2) is 49.7 Å². The van der Waals surface area contributed by atoms with Crippen molar-refractivity contribution in [1.29, 1.82) is 0 Å². The number of hydrogen-bond acceptors (Lipinski definition) is 10. The van der Waals surface area contributed by atoms with Crippen molar-refractivity contribution in [2.75, 3.05) is 26.4 Å². The quantitative estimate of drug-likeness (QED) is 0.0897. The van der Waals surface area contributed by atoms with Gasteiger partial charge in [0.2, 0.25) is 0 Å². The Labute approximate surface area is 390 Å². The fourth-order valence-electron chi connectivity index (χ4n) is 7.29. The number of nitrogens with zero attached hydrogens (tertiary/aromatic N) is 6. The summed E-state index contributed by atoms with van der Waals surface area (Å²) in [7, 11) is 0. The fourth-order valence-corrected chi connectivity index (χ4v) is 7.29. The molecule has 8 bridgehead atoms. The highest BCUT2D eigenvalue weighted by Crippen LogP contribution is 2.45. The number of alkyl halides is 16. The van der Waals surface area contributed by atoms with Gasteiger partial charge in [-0.1, -0.05) is 48.5 Å². The predicted molar refractivity (Wildman–Crippen MR) is 222 cm³/mol. The zero-order chi connectivity index (χ0) is 51.7. The van der Waals surface area contributed by atoms with Gasteiger partial charge in [-0.05, 0) is 24.3 Å². The maximum absolute atomic E-state index is 14.3. The van der Waals surface area contributed by atoms with Crippen molar-refractivity contribution < 1.29 is 89.2 Å². The van der Waals surface area contributed by atoms with Crippen LogP contribution in [-0.2, 0) is 0 Å². The molecule has 5 heterocycles. The number of aromatic nitrogens is 8. The first-order valence-corrected chi connectivity index (χ1v) is 20.5. The average molecular weight is 1030 g/mol. The van der Waals surface area contributed by atoms with Gasteiger partial charge in [0.1, 0.15) is 45.6 Å². The Hall–Kier alpha value is -7.68. The van der Waals surface area contributed by atoms with Crippen molar-refractivity contribution in [3.63, 3.8) is 0 Å². The smallest absolute Gasteiger partial charge is 0.340 e. The van der Waals surface area contributed by atoms with Crippen LogP contribution in [0.25, 0.3) is 89.7 Å². The normalized spacial score (nSPS) is 13.2. The second kappa shape index (κ2) is 18.2. The Kier molecular flexibility index (Phi) is 12.4. The molecule has 2 aliphatic rings. The van der Waals surface area contributed by atoms with Gasteiger partial charge in [0.05, 0.1) is 21.9 Å². The van der Waals surface area contributed by atoms with Gasteiger partial charge in [0, 0.05) is 21.9 Å². The van der Waals surface area contributed by atoms with Crippen LogP contribution in [0.4, 0.5) is 70.2 Å². The Morgan fingerprint density at radius 3 is 0.986 bits per heavy atom. The SMILES string of the molecule is FC(F)C(F)(F)COc1cccc2c1-c1nc-2nc2[nH]c(nc3nc(nc4[nH]c(n1)c1cccc(OCC(F)(F)C(F)F)c41)-c1cccc(OCC(F)(F)C(F)F)c1-3)c1cccc(OCC(F)(F)C(F)F)c21. The maximum atomic E-state index is 14.3. The lowest BCUT2D eigenvalue weighted by atomic mass is 10.1. The molecule has 0 fully saturated rings. The molecule has 0 atom stereocenters. The number of rotatable bonds is 16. The largest absolute Gasteiger partial charge is 0.486 e. The maximum Gasteiger partial charge on any atom is 0.340 e. The topological polar surface area (TPSA) is 146 Å². The van der Waals surface area contributed by atoms with Crippen LogP contribution in [0.15, 0.2) is 72.8 Å². The Balaban J connectivity index is 1.39. The molecule has 3 aromatic heterocycles. The van der Waals surface area contributed by atoms with E-state index in [0.29, 0.717) is 0 Å². The number of hydrogen-bond donors (Lipinski definition) is 2. The molecular weight excluding hydrogens is 1010 g/mol. The second-order valence-corrected chi connectivity index (χ2v) is 15.7. The third kappa shape index (κ3) is 9.12. The number of halogens is 16. The monoisotopic (exact) mass is 1030 g/mol. The van der Waals surface area contributed by atoms with Gasteiger partial charge < -0.3 is 28.9 Å². The van der Waals surface area contributed by atoms with Crippen molar-refractivity contribution in [3.05, 3.63) is 72.8 Å². The first-order chi connectivity index (χ1) is 34.0. The standard InChI is InChI=1S/C44H26F16N8O4/c45-37(46)41(53,54)13-69-21-9-1-5-17-25(21)33-61-29(17)65-34-26-18(6-2-10-22(26)70-14-42(55,56)38(47)48)31(62-34)67-36-28-20(8-4-12-24(28)72-16-44(59,60)40(51)52)32(64-36)68-35-27-19(30(63-35)66-33)7-3-11-23(27)71-15-43(57,58)39(49)50/h1-12,37-40H,13-16H2,(H2,61,62,63,64,65,66,67,68). The van der Waals surface area contributed by atoms with E-state index in [9.17, 15) is 70.2 Å². The van der Waals surface area contributed by atoms with E-state index in [-0.39, 0.29) is 55.1 Å². The number of benzene rings is 4. The molecule has 0 radical (unpaired) electrons. The van der Waals surface area contributed by atoms with Crippen LogP contribution < -0.4 is 18.9 Å². The van der Waals surface area contributed by atoms with Gasteiger partial charge in [-0.15, -0.1) is 0 Å². The van der Waals surface area contributed by atoms with Crippen LogP contribution in [0, 0.1) is 0 Å². The molecule has 0 unspecified atom stereocenters.